The SMILES string of the molecule is CCC(C=Nn1c(C)nc2sc3c(c2c1=O)CCCCC3)CC. The number of hydrogen-bond donors (Lipinski definition) is 0. The van der Waals surface area contributed by atoms with E-state index in [0.717, 1.165) is 35.9 Å². The van der Waals surface area contributed by atoms with Crippen LogP contribution in [0.2, 0.25) is 0 Å². The summed E-state index contributed by atoms with van der Waals surface area (Å²) in [6.07, 6.45) is 9.73. The van der Waals surface area contributed by atoms with Crippen molar-refractivity contribution in [2.75, 3.05) is 0 Å². The van der Waals surface area contributed by atoms with Crippen LogP contribution in [0.4, 0.5) is 0 Å². The van der Waals surface area contributed by atoms with Crippen molar-refractivity contribution in [3.63, 3.8) is 0 Å². The average Bonchev–Trinajstić information content (AvgIpc) is 2.72. The molecule has 2 aromatic rings. The molecule has 0 N–H and O–H groups in total. The Morgan fingerprint density at radius 1 is 1.26 bits per heavy atom. The minimum Gasteiger partial charge on any atom is -0.267 e. The maximum absolute atomic E-state index is 13.0. The van der Waals surface area contributed by atoms with Gasteiger partial charge in [0.1, 0.15) is 10.7 Å². The van der Waals surface area contributed by atoms with Gasteiger partial charge in [-0.2, -0.15) is 9.78 Å². The highest BCUT2D eigenvalue weighted by molar-refractivity contribution is 7.18. The minimum absolute atomic E-state index is 0.00843. The van der Waals surface area contributed by atoms with E-state index in [1.807, 2.05) is 13.1 Å². The highest BCUT2D eigenvalue weighted by Gasteiger charge is 2.20. The van der Waals surface area contributed by atoms with E-state index in [2.05, 4.69) is 23.9 Å². The number of aromatic nitrogens is 2. The van der Waals surface area contributed by atoms with E-state index in [9.17, 15) is 4.79 Å². The monoisotopic (exact) mass is 331 g/mol. The Morgan fingerprint density at radius 3 is 2.74 bits per heavy atom. The second-order valence-corrected chi connectivity index (χ2v) is 7.45. The standard InChI is InChI=1S/C18H25N3OS/c1-4-13(5-2)11-19-21-12(3)20-17-16(18(21)22)14-9-7-6-8-10-15(14)23-17/h11,13H,4-10H2,1-3H3. The maximum Gasteiger partial charge on any atom is 0.283 e. The fraction of sp³-hybridized carbons (Fsp3) is 0.611. The van der Waals surface area contributed by atoms with Crippen molar-refractivity contribution < 1.29 is 0 Å². The van der Waals surface area contributed by atoms with Crippen LogP contribution in [-0.4, -0.2) is 15.9 Å². The first-order chi connectivity index (χ1) is 11.2. The van der Waals surface area contributed by atoms with Gasteiger partial charge in [0.15, 0.2) is 0 Å². The first-order valence-corrected chi connectivity index (χ1v) is 9.55. The van der Waals surface area contributed by atoms with E-state index in [1.165, 1.54) is 34.4 Å². The van der Waals surface area contributed by atoms with Gasteiger partial charge in [-0.05, 0) is 56.9 Å². The van der Waals surface area contributed by atoms with Gasteiger partial charge in [0.05, 0.1) is 5.39 Å². The second-order valence-electron chi connectivity index (χ2n) is 6.36. The van der Waals surface area contributed by atoms with Gasteiger partial charge in [0.2, 0.25) is 0 Å². The van der Waals surface area contributed by atoms with Crippen LogP contribution < -0.4 is 5.56 Å². The van der Waals surface area contributed by atoms with Crippen LogP contribution in [0.1, 0.15) is 62.2 Å². The van der Waals surface area contributed by atoms with Gasteiger partial charge >= 0.3 is 0 Å². The Kier molecular flexibility index (Phi) is 4.95. The molecule has 0 saturated carbocycles. The zero-order valence-corrected chi connectivity index (χ0v) is 15.1. The number of thiophene rings is 1. The molecule has 0 saturated heterocycles. The predicted molar refractivity (Wildman–Crippen MR) is 97.8 cm³/mol. The molecule has 2 heterocycles. The van der Waals surface area contributed by atoms with E-state index in [0.29, 0.717) is 11.7 Å². The molecule has 0 fully saturated rings. The lowest BCUT2D eigenvalue weighted by molar-refractivity contribution is 0.643. The lowest BCUT2D eigenvalue weighted by Crippen LogP contribution is -2.21. The highest BCUT2D eigenvalue weighted by Crippen LogP contribution is 2.33. The third-order valence-electron chi connectivity index (χ3n) is 4.82. The van der Waals surface area contributed by atoms with Crippen LogP contribution >= 0.6 is 11.3 Å². The lowest BCUT2D eigenvalue weighted by Gasteiger charge is -2.07. The molecule has 0 radical (unpaired) electrons. The summed E-state index contributed by atoms with van der Waals surface area (Å²) < 4.78 is 1.50. The molecule has 0 atom stereocenters. The van der Waals surface area contributed by atoms with Crippen LogP contribution in [0.5, 0.6) is 0 Å². The molecule has 3 rings (SSSR count). The molecule has 0 amide bonds. The van der Waals surface area contributed by atoms with E-state index >= 15 is 0 Å². The Hall–Kier alpha value is -1.49. The smallest absolute Gasteiger partial charge is 0.267 e. The number of aryl methyl sites for hydroxylation is 3. The Balaban J connectivity index is 2.13. The van der Waals surface area contributed by atoms with E-state index in [4.69, 9.17) is 0 Å². The molecule has 124 valence electrons. The van der Waals surface area contributed by atoms with Crippen molar-refractivity contribution in [3.8, 4) is 0 Å². The average molecular weight is 331 g/mol. The Bertz CT molecular complexity index is 784. The van der Waals surface area contributed by atoms with Gasteiger partial charge in [-0.3, -0.25) is 4.79 Å². The molecular weight excluding hydrogens is 306 g/mol. The molecule has 1 aliphatic rings. The topological polar surface area (TPSA) is 47.2 Å². The van der Waals surface area contributed by atoms with Gasteiger partial charge in [0.25, 0.3) is 5.56 Å². The molecule has 2 aromatic heterocycles. The summed E-state index contributed by atoms with van der Waals surface area (Å²) in [6, 6.07) is 0. The third kappa shape index (κ3) is 3.11. The van der Waals surface area contributed by atoms with E-state index in [1.54, 1.807) is 11.3 Å². The van der Waals surface area contributed by atoms with Crippen LogP contribution in [0.15, 0.2) is 9.90 Å². The van der Waals surface area contributed by atoms with Gasteiger partial charge < -0.3 is 0 Å². The molecule has 0 aromatic carbocycles. The zero-order chi connectivity index (χ0) is 16.4. The fourth-order valence-electron chi connectivity index (χ4n) is 3.27. The minimum atomic E-state index is 0.00843. The van der Waals surface area contributed by atoms with Crippen LogP contribution in [-0.2, 0) is 12.8 Å². The summed E-state index contributed by atoms with van der Waals surface area (Å²) in [5.41, 5.74) is 1.25. The number of fused-ring (bicyclic) bond motifs is 3. The summed E-state index contributed by atoms with van der Waals surface area (Å²) in [4.78, 5) is 19.9. The first-order valence-electron chi connectivity index (χ1n) is 8.74. The van der Waals surface area contributed by atoms with Crippen molar-refractivity contribution in [2.45, 2.75) is 65.7 Å². The molecule has 0 unspecified atom stereocenters. The van der Waals surface area contributed by atoms with Crippen LogP contribution in [0.3, 0.4) is 0 Å². The number of hydrogen-bond acceptors (Lipinski definition) is 4. The second kappa shape index (κ2) is 6.95. The molecule has 0 spiro atoms. The molecule has 5 heteroatoms. The summed E-state index contributed by atoms with van der Waals surface area (Å²) in [7, 11) is 0. The molecule has 1 aliphatic carbocycles. The highest BCUT2D eigenvalue weighted by atomic mass is 32.1. The Labute approximate surface area is 141 Å². The number of rotatable bonds is 4. The molecule has 0 aliphatic heterocycles. The maximum atomic E-state index is 13.0. The normalized spacial score (nSPS) is 15.5. The third-order valence-corrected chi connectivity index (χ3v) is 6.01. The summed E-state index contributed by atoms with van der Waals surface area (Å²) in [6.45, 7) is 6.17. The van der Waals surface area contributed by atoms with E-state index in [-0.39, 0.29) is 5.56 Å². The first kappa shape index (κ1) is 16.4. The predicted octanol–water partition coefficient (Wildman–Crippen LogP) is 4.31. The van der Waals surface area contributed by atoms with E-state index < -0.39 is 0 Å². The summed E-state index contributed by atoms with van der Waals surface area (Å²) in [5.74, 6) is 1.10. The van der Waals surface area contributed by atoms with Crippen molar-refractivity contribution in [2.24, 2.45) is 11.0 Å². The van der Waals surface area contributed by atoms with Crippen LogP contribution in [0, 0.1) is 12.8 Å². The van der Waals surface area contributed by atoms with Gasteiger partial charge in [-0.1, -0.05) is 20.3 Å². The summed E-state index contributed by atoms with van der Waals surface area (Å²) >= 11 is 1.71. The van der Waals surface area contributed by atoms with Gasteiger partial charge in [-0.15, -0.1) is 11.3 Å². The van der Waals surface area contributed by atoms with Crippen molar-refractivity contribution in [1.82, 2.24) is 9.66 Å². The molecule has 23 heavy (non-hydrogen) atoms. The van der Waals surface area contributed by atoms with Crippen molar-refractivity contribution >= 4 is 27.8 Å². The fourth-order valence-corrected chi connectivity index (χ4v) is 4.57. The lowest BCUT2D eigenvalue weighted by atomic mass is 10.1. The zero-order valence-electron chi connectivity index (χ0n) is 14.3. The number of nitrogens with zero attached hydrogens (tertiary/aromatic N) is 3. The largest absolute Gasteiger partial charge is 0.283 e. The van der Waals surface area contributed by atoms with Crippen molar-refractivity contribution in [1.29, 1.82) is 0 Å². The quantitative estimate of drug-likeness (QED) is 0.619. The van der Waals surface area contributed by atoms with Crippen molar-refractivity contribution in [3.05, 3.63) is 26.6 Å². The molecule has 0 bridgehead atoms. The molecular formula is C18H25N3OS. The summed E-state index contributed by atoms with van der Waals surface area (Å²) in [5, 5.41) is 5.29. The molecule has 4 nitrogen and oxygen atoms in total. The Morgan fingerprint density at radius 2 is 2.00 bits per heavy atom. The van der Waals surface area contributed by atoms with Crippen LogP contribution in [0.25, 0.3) is 10.2 Å². The van der Waals surface area contributed by atoms with Gasteiger partial charge in [-0.25, -0.2) is 4.98 Å². The van der Waals surface area contributed by atoms with Gasteiger partial charge in [0, 0.05) is 11.1 Å².